The maximum absolute atomic E-state index is 10.2. The largest absolute Gasteiger partial charge is 0.486 e. The quantitative estimate of drug-likeness (QED) is 0.662. The van der Waals surface area contributed by atoms with E-state index in [4.69, 9.17) is 9.47 Å². The van der Waals surface area contributed by atoms with Crippen LogP contribution in [0.1, 0.15) is 18.1 Å². The minimum atomic E-state index is 0.115. The summed E-state index contributed by atoms with van der Waals surface area (Å²) in [5.41, 5.74) is 2.37. The van der Waals surface area contributed by atoms with Crippen molar-refractivity contribution in [2.75, 3.05) is 20.3 Å². The van der Waals surface area contributed by atoms with E-state index in [0.717, 1.165) is 37.0 Å². The van der Waals surface area contributed by atoms with Crippen LogP contribution < -0.4 is 4.74 Å². The number of rotatable bonds is 7. The van der Waals surface area contributed by atoms with Crippen molar-refractivity contribution < 1.29 is 14.3 Å². The zero-order valence-electron chi connectivity index (χ0n) is 9.86. The Balaban J connectivity index is 2.75. The summed E-state index contributed by atoms with van der Waals surface area (Å²) in [5.74, 6) is 0.802. The maximum atomic E-state index is 10.2. The summed E-state index contributed by atoms with van der Waals surface area (Å²) in [5, 5.41) is 0. The predicted molar refractivity (Wildman–Crippen MR) is 63.0 cm³/mol. The number of aldehydes is 1. The van der Waals surface area contributed by atoms with Crippen molar-refractivity contribution in [1.29, 1.82) is 0 Å². The lowest BCUT2D eigenvalue weighted by Crippen LogP contribution is -2.02. The first-order valence-electron chi connectivity index (χ1n) is 5.49. The highest BCUT2D eigenvalue weighted by Gasteiger charge is 2.03. The SMILES string of the molecule is CCc1cc(CCOC)ccc1OCC=O. The van der Waals surface area contributed by atoms with Crippen molar-refractivity contribution >= 4 is 6.29 Å². The van der Waals surface area contributed by atoms with Gasteiger partial charge in [-0.3, -0.25) is 4.79 Å². The number of hydrogen-bond acceptors (Lipinski definition) is 3. The highest BCUT2D eigenvalue weighted by molar-refractivity contribution is 5.52. The first-order valence-corrected chi connectivity index (χ1v) is 5.49. The van der Waals surface area contributed by atoms with Crippen LogP contribution in [0.2, 0.25) is 0 Å². The van der Waals surface area contributed by atoms with E-state index in [9.17, 15) is 4.79 Å². The Kier molecular flexibility index (Phi) is 5.57. The molecule has 0 amide bonds. The third-order valence-electron chi connectivity index (χ3n) is 2.41. The van der Waals surface area contributed by atoms with Crippen LogP contribution >= 0.6 is 0 Å². The summed E-state index contributed by atoms with van der Waals surface area (Å²) in [4.78, 5) is 10.2. The second kappa shape index (κ2) is 7.01. The fourth-order valence-electron chi connectivity index (χ4n) is 1.55. The molecule has 1 aromatic carbocycles. The number of methoxy groups -OCH3 is 1. The Hall–Kier alpha value is -1.35. The number of ether oxygens (including phenoxy) is 2. The standard InChI is InChI=1S/C13H18O3/c1-3-12-10-11(6-8-15-2)4-5-13(12)16-9-7-14/h4-5,7,10H,3,6,8-9H2,1-2H3. The molecule has 0 saturated carbocycles. The first-order chi connectivity index (χ1) is 7.81. The molecule has 0 atom stereocenters. The summed E-state index contributed by atoms with van der Waals surface area (Å²) in [6.07, 6.45) is 2.56. The van der Waals surface area contributed by atoms with Gasteiger partial charge < -0.3 is 9.47 Å². The van der Waals surface area contributed by atoms with Crippen molar-refractivity contribution in [3.8, 4) is 5.75 Å². The second-order valence-electron chi connectivity index (χ2n) is 3.52. The van der Waals surface area contributed by atoms with Gasteiger partial charge in [0.05, 0.1) is 6.61 Å². The van der Waals surface area contributed by atoms with Crippen molar-refractivity contribution in [2.24, 2.45) is 0 Å². The van der Waals surface area contributed by atoms with Crippen molar-refractivity contribution in [1.82, 2.24) is 0 Å². The maximum Gasteiger partial charge on any atom is 0.157 e. The summed E-state index contributed by atoms with van der Waals surface area (Å²) in [6.45, 7) is 2.91. The molecule has 0 spiro atoms. The fraction of sp³-hybridized carbons (Fsp3) is 0.462. The Morgan fingerprint density at radius 3 is 2.81 bits per heavy atom. The molecule has 3 nitrogen and oxygen atoms in total. The smallest absolute Gasteiger partial charge is 0.157 e. The van der Waals surface area contributed by atoms with Crippen LogP contribution in [0.15, 0.2) is 18.2 Å². The van der Waals surface area contributed by atoms with Crippen LogP contribution in [-0.4, -0.2) is 26.6 Å². The molecule has 1 aromatic rings. The third-order valence-corrected chi connectivity index (χ3v) is 2.41. The van der Waals surface area contributed by atoms with E-state index in [1.54, 1.807) is 7.11 Å². The Bertz CT molecular complexity index is 334. The number of benzene rings is 1. The molecule has 0 fully saturated rings. The highest BCUT2D eigenvalue weighted by atomic mass is 16.5. The van der Waals surface area contributed by atoms with E-state index in [0.29, 0.717) is 0 Å². The zero-order chi connectivity index (χ0) is 11.8. The number of aryl methyl sites for hydroxylation is 1. The summed E-state index contributed by atoms with van der Waals surface area (Å²) < 4.78 is 10.4. The lowest BCUT2D eigenvalue weighted by atomic mass is 10.1. The van der Waals surface area contributed by atoms with Gasteiger partial charge in [-0.2, -0.15) is 0 Å². The molecule has 88 valence electrons. The van der Waals surface area contributed by atoms with Gasteiger partial charge in [0.15, 0.2) is 6.29 Å². The van der Waals surface area contributed by atoms with Gasteiger partial charge in [0.2, 0.25) is 0 Å². The van der Waals surface area contributed by atoms with E-state index in [-0.39, 0.29) is 6.61 Å². The van der Waals surface area contributed by atoms with Crippen molar-refractivity contribution in [3.05, 3.63) is 29.3 Å². The van der Waals surface area contributed by atoms with Gasteiger partial charge in [-0.05, 0) is 30.0 Å². The van der Waals surface area contributed by atoms with Gasteiger partial charge >= 0.3 is 0 Å². The van der Waals surface area contributed by atoms with Crippen LogP contribution in [0, 0.1) is 0 Å². The van der Waals surface area contributed by atoms with E-state index < -0.39 is 0 Å². The molecule has 0 aromatic heterocycles. The van der Waals surface area contributed by atoms with Gasteiger partial charge in [0.1, 0.15) is 12.4 Å². The molecule has 1 rings (SSSR count). The van der Waals surface area contributed by atoms with Crippen LogP contribution in [0.3, 0.4) is 0 Å². The van der Waals surface area contributed by atoms with Crippen LogP contribution in [0.4, 0.5) is 0 Å². The van der Waals surface area contributed by atoms with Crippen LogP contribution in [0.25, 0.3) is 0 Å². The molecule has 0 unspecified atom stereocenters. The van der Waals surface area contributed by atoms with Gasteiger partial charge in [-0.1, -0.05) is 19.1 Å². The number of carbonyl (C=O) groups is 1. The van der Waals surface area contributed by atoms with E-state index in [1.807, 2.05) is 12.1 Å². The van der Waals surface area contributed by atoms with E-state index >= 15 is 0 Å². The average molecular weight is 222 g/mol. The minimum absolute atomic E-state index is 0.115. The molecular weight excluding hydrogens is 204 g/mol. The average Bonchev–Trinajstić information content (AvgIpc) is 2.34. The summed E-state index contributed by atoms with van der Waals surface area (Å²) in [7, 11) is 1.70. The molecule has 0 heterocycles. The predicted octanol–water partition coefficient (Wildman–Crippen LogP) is 2.02. The molecule has 0 N–H and O–H groups in total. The Labute approximate surface area is 96.4 Å². The first kappa shape index (κ1) is 12.7. The number of carbonyl (C=O) groups excluding carboxylic acids is 1. The molecule has 3 heteroatoms. The molecule has 0 saturated heterocycles. The molecule has 0 aliphatic heterocycles. The van der Waals surface area contributed by atoms with Crippen molar-refractivity contribution in [3.63, 3.8) is 0 Å². The molecular formula is C13H18O3. The molecule has 0 bridgehead atoms. The Morgan fingerprint density at radius 2 is 2.19 bits per heavy atom. The van der Waals surface area contributed by atoms with Crippen LogP contribution in [0.5, 0.6) is 5.75 Å². The highest BCUT2D eigenvalue weighted by Crippen LogP contribution is 2.21. The topological polar surface area (TPSA) is 35.5 Å². The lowest BCUT2D eigenvalue weighted by Gasteiger charge is -2.10. The fourth-order valence-corrected chi connectivity index (χ4v) is 1.55. The normalized spacial score (nSPS) is 10.1. The Morgan fingerprint density at radius 1 is 1.38 bits per heavy atom. The zero-order valence-corrected chi connectivity index (χ0v) is 9.86. The van der Waals surface area contributed by atoms with Gasteiger partial charge in [-0.15, -0.1) is 0 Å². The second-order valence-corrected chi connectivity index (χ2v) is 3.52. The number of hydrogen-bond donors (Lipinski definition) is 0. The third kappa shape index (κ3) is 3.66. The van der Waals surface area contributed by atoms with Gasteiger partial charge in [0, 0.05) is 7.11 Å². The molecule has 0 aliphatic rings. The van der Waals surface area contributed by atoms with Crippen LogP contribution in [-0.2, 0) is 22.4 Å². The molecule has 0 radical (unpaired) electrons. The van der Waals surface area contributed by atoms with Gasteiger partial charge in [0.25, 0.3) is 0 Å². The molecule has 16 heavy (non-hydrogen) atoms. The van der Waals surface area contributed by atoms with Crippen molar-refractivity contribution in [2.45, 2.75) is 19.8 Å². The summed E-state index contributed by atoms with van der Waals surface area (Å²) >= 11 is 0. The minimum Gasteiger partial charge on any atom is -0.486 e. The lowest BCUT2D eigenvalue weighted by molar-refractivity contribution is -0.109. The van der Waals surface area contributed by atoms with Gasteiger partial charge in [-0.25, -0.2) is 0 Å². The van der Waals surface area contributed by atoms with E-state index in [2.05, 4.69) is 13.0 Å². The molecule has 0 aliphatic carbocycles. The monoisotopic (exact) mass is 222 g/mol. The summed E-state index contributed by atoms with van der Waals surface area (Å²) in [6, 6.07) is 6.05. The van der Waals surface area contributed by atoms with E-state index in [1.165, 1.54) is 5.56 Å².